The van der Waals surface area contributed by atoms with E-state index in [1.165, 1.54) is 0 Å². The molecule has 4 heteroatoms. The Labute approximate surface area is 125 Å². The maximum Gasteiger partial charge on any atom is 0.307 e. The highest BCUT2D eigenvalue weighted by Gasteiger charge is 2.21. The average molecular weight is 298 g/mol. The van der Waals surface area contributed by atoms with Crippen molar-refractivity contribution in [2.45, 2.75) is 17.1 Å². The molecule has 0 radical (unpaired) electrons. The van der Waals surface area contributed by atoms with E-state index in [4.69, 9.17) is 5.11 Å². The maximum absolute atomic E-state index is 12.5. The monoisotopic (exact) mass is 298 g/mol. The van der Waals surface area contributed by atoms with Crippen molar-refractivity contribution in [3.8, 4) is 0 Å². The predicted molar refractivity (Wildman–Crippen MR) is 82.3 cm³/mol. The number of hydrogen-bond donors (Lipinski definition) is 1. The molecule has 0 saturated heterocycles. The quantitative estimate of drug-likeness (QED) is 0.926. The summed E-state index contributed by atoms with van der Waals surface area (Å²) in [5.74, 6) is -0.416. The van der Waals surface area contributed by atoms with Crippen LogP contribution in [0.5, 0.6) is 0 Å². The molecule has 1 aliphatic heterocycles. The highest BCUT2D eigenvalue weighted by atomic mass is 32.2. The maximum atomic E-state index is 12.5. The molecule has 3 nitrogen and oxygen atoms in total. The SMILES string of the molecule is O=C(O)C/C=C1/c2ccccc2C[S@](=O)c2ccccc21. The molecule has 0 bridgehead atoms. The Bertz CT molecular complexity index is 762. The zero-order chi connectivity index (χ0) is 14.8. The fourth-order valence-corrected chi connectivity index (χ4v) is 3.91. The Hall–Kier alpha value is -2.20. The largest absolute Gasteiger partial charge is 0.481 e. The molecule has 0 saturated carbocycles. The van der Waals surface area contributed by atoms with E-state index in [1.807, 2.05) is 48.5 Å². The summed E-state index contributed by atoms with van der Waals surface area (Å²) < 4.78 is 12.5. The van der Waals surface area contributed by atoms with Crippen LogP contribution < -0.4 is 0 Å². The van der Waals surface area contributed by atoms with Gasteiger partial charge in [-0.2, -0.15) is 0 Å². The van der Waals surface area contributed by atoms with Gasteiger partial charge in [-0.1, -0.05) is 48.5 Å². The number of fused-ring (bicyclic) bond motifs is 2. The normalized spacial score (nSPS) is 18.7. The van der Waals surface area contributed by atoms with Crippen LogP contribution in [-0.4, -0.2) is 15.3 Å². The van der Waals surface area contributed by atoms with Gasteiger partial charge in [0.15, 0.2) is 0 Å². The lowest BCUT2D eigenvalue weighted by Crippen LogP contribution is -1.96. The van der Waals surface area contributed by atoms with Crippen LogP contribution in [-0.2, 0) is 21.3 Å². The van der Waals surface area contributed by atoms with E-state index >= 15 is 0 Å². The number of aliphatic carboxylic acids is 1. The molecule has 106 valence electrons. The zero-order valence-electron chi connectivity index (χ0n) is 11.3. The minimum atomic E-state index is -1.12. The number of carbonyl (C=O) groups is 1. The van der Waals surface area contributed by atoms with Crippen LogP contribution in [0, 0.1) is 0 Å². The molecule has 3 rings (SSSR count). The summed E-state index contributed by atoms with van der Waals surface area (Å²) in [7, 11) is -1.12. The van der Waals surface area contributed by atoms with Crippen molar-refractivity contribution in [2.75, 3.05) is 0 Å². The van der Waals surface area contributed by atoms with Crippen molar-refractivity contribution >= 4 is 22.3 Å². The molecule has 0 aromatic heterocycles. The van der Waals surface area contributed by atoms with E-state index in [0.29, 0.717) is 5.75 Å². The van der Waals surface area contributed by atoms with Crippen molar-refractivity contribution in [3.05, 3.63) is 71.3 Å². The Morgan fingerprint density at radius 2 is 1.76 bits per heavy atom. The topological polar surface area (TPSA) is 54.4 Å². The summed E-state index contributed by atoms with van der Waals surface area (Å²) in [6.07, 6.45) is 1.66. The molecule has 1 aliphatic rings. The Balaban J connectivity index is 2.26. The summed E-state index contributed by atoms with van der Waals surface area (Å²) in [5.41, 5.74) is 3.68. The van der Waals surface area contributed by atoms with Crippen LogP contribution in [0.15, 0.2) is 59.5 Å². The average Bonchev–Trinajstić information content (AvgIpc) is 2.60. The molecule has 0 fully saturated rings. The molecular weight excluding hydrogens is 284 g/mol. The highest BCUT2D eigenvalue weighted by molar-refractivity contribution is 7.84. The molecule has 21 heavy (non-hydrogen) atoms. The van der Waals surface area contributed by atoms with E-state index in [1.54, 1.807) is 6.08 Å². The third kappa shape index (κ3) is 2.67. The van der Waals surface area contributed by atoms with Gasteiger partial charge in [0.25, 0.3) is 0 Å². The molecule has 1 atom stereocenters. The summed E-state index contributed by atoms with van der Waals surface area (Å²) in [6.45, 7) is 0. The lowest BCUT2D eigenvalue weighted by molar-refractivity contribution is -0.135. The first kappa shape index (κ1) is 13.8. The van der Waals surface area contributed by atoms with Gasteiger partial charge in [0, 0.05) is 4.90 Å². The molecule has 1 heterocycles. The van der Waals surface area contributed by atoms with Gasteiger partial charge in [0.1, 0.15) is 0 Å². The molecule has 2 aromatic rings. The van der Waals surface area contributed by atoms with Gasteiger partial charge in [-0.05, 0) is 28.3 Å². The van der Waals surface area contributed by atoms with Crippen molar-refractivity contribution in [3.63, 3.8) is 0 Å². The van der Waals surface area contributed by atoms with Gasteiger partial charge < -0.3 is 5.11 Å². The third-order valence-electron chi connectivity index (χ3n) is 3.50. The second kappa shape index (κ2) is 5.66. The van der Waals surface area contributed by atoms with E-state index in [9.17, 15) is 9.00 Å². The third-order valence-corrected chi connectivity index (χ3v) is 4.92. The smallest absolute Gasteiger partial charge is 0.307 e. The summed E-state index contributed by atoms with van der Waals surface area (Å²) in [6, 6.07) is 15.3. The Morgan fingerprint density at radius 1 is 1.10 bits per heavy atom. The minimum Gasteiger partial charge on any atom is -0.481 e. The van der Waals surface area contributed by atoms with Crippen molar-refractivity contribution < 1.29 is 14.1 Å². The van der Waals surface area contributed by atoms with Gasteiger partial charge in [-0.25, -0.2) is 0 Å². The van der Waals surface area contributed by atoms with Gasteiger partial charge in [-0.3, -0.25) is 9.00 Å². The summed E-state index contributed by atoms with van der Waals surface area (Å²) >= 11 is 0. The number of carboxylic acids is 1. The van der Waals surface area contributed by atoms with Crippen LogP contribution in [0.2, 0.25) is 0 Å². The second-order valence-electron chi connectivity index (χ2n) is 4.86. The minimum absolute atomic E-state index is 0.0510. The number of hydrogen-bond acceptors (Lipinski definition) is 2. The van der Waals surface area contributed by atoms with Crippen LogP contribution >= 0.6 is 0 Å². The van der Waals surface area contributed by atoms with Gasteiger partial charge in [-0.15, -0.1) is 0 Å². The van der Waals surface area contributed by atoms with Gasteiger partial charge >= 0.3 is 5.97 Å². The first-order valence-electron chi connectivity index (χ1n) is 6.65. The number of rotatable bonds is 2. The first-order chi connectivity index (χ1) is 10.2. The standard InChI is InChI=1S/C17H14O3S/c18-17(19)10-9-14-13-6-2-1-5-12(13)11-21(20)16-8-4-3-7-15(14)16/h1-9H,10-11H2,(H,18,19)/b14-9-/t21-/m0/s1. The van der Waals surface area contributed by atoms with E-state index in [2.05, 4.69) is 0 Å². The number of benzene rings is 2. The molecular formula is C17H14O3S. The Morgan fingerprint density at radius 3 is 2.52 bits per heavy atom. The van der Waals surface area contributed by atoms with Crippen molar-refractivity contribution in [1.29, 1.82) is 0 Å². The molecule has 0 aliphatic carbocycles. The molecule has 2 aromatic carbocycles. The fourth-order valence-electron chi connectivity index (χ4n) is 2.57. The Kier molecular flexibility index (Phi) is 3.71. The second-order valence-corrected chi connectivity index (χ2v) is 6.28. The van der Waals surface area contributed by atoms with Crippen LogP contribution in [0.25, 0.3) is 5.57 Å². The lowest BCUT2D eigenvalue weighted by Gasteiger charge is -2.10. The van der Waals surface area contributed by atoms with E-state index in [0.717, 1.165) is 27.2 Å². The molecule has 0 amide bonds. The summed E-state index contributed by atoms with van der Waals surface area (Å²) in [5, 5.41) is 8.96. The zero-order valence-corrected chi connectivity index (χ0v) is 12.1. The first-order valence-corrected chi connectivity index (χ1v) is 7.96. The van der Waals surface area contributed by atoms with Crippen LogP contribution in [0.3, 0.4) is 0 Å². The fraction of sp³-hybridized carbons (Fsp3) is 0.118. The molecule has 0 unspecified atom stereocenters. The van der Waals surface area contributed by atoms with Crippen LogP contribution in [0.4, 0.5) is 0 Å². The predicted octanol–water partition coefficient (Wildman–Crippen LogP) is 3.21. The van der Waals surface area contributed by atoms with Gasteiger partial charge in [0.05, 0.1) is 23.0 Å². The highest BCUT2D eigenvalue weighted by Crippen LogP contribution is 2.35. The van der Waals surface area contributed by atoms with Crippen LogP contribution in [0.1, 0.15) is 23.1 Å². The summed E-state index contributed by atoms with van der Waals surface area (Å²) in [4.78, 5) is 11.7. The lowest BCUT2D eigenvalue weighted by atomic mass is 9.93. The van der Waals surface area contributed by atoms with Crippen molar-refractivity contribution in [1.82, 2.24) is 0 Å². The van der Waals surface area contributed by atoms with Gasteiger partial charge in [0.2, 0.25) is 0 Å². The number of carboxylic acid groups (broad SMARTS) is 1. The van der Waals surface area contributed by atoms with E-state index < -0.39 is 16.8 Å². The molecule has 1 N–H and O–H groups in total. The molecule has 0 spiro atoms. The van der Waals surface area contributed by atoms with Crippen molar-refractivity contribution in [2.24, 2.45) is 0 Å². The van der Waals surface area contributed by atoms with E-state index in [-0.39, 0.29) is 6.42 Å².